The van der Waals surface area contributed by atoms with E-state index in [0.717, 1.165) is 5.56 Å². The fourth-order valence-corrected chi connectivity index (χ4v) is 3.84. The quantitative estimate of drug-likeness (QED) is 0.689. The summed E-state index contributed by atoms with van der Waals surface area (Å²) in [6.45, 7) is 6.95. The zero-order valence-corrected chi connectivity index (χ0v) is 14.3. The van der Waals surface area contributed by atoms with Crippen molar-refractivity contribution < 1.29 is 18.3 Å². The Morgan fingerprint density at radius 2 is 1.77 bits per heavy atom. The molecule has 6 nitrogen and oxygen atoms in total. The van der Waals surface area contributed by atoms with Crippen LogP contribution in [0.4, 0.5) is 0 Å². The Balaban J connectivity index is 2.72. The Morgan fingerprint density at radius 1 is 1.23 bits per heavy atom. The minimum Gasteiger partial charge on any atom is -0.394 e. The Hall–Kier alpha value is -1.44. The normalized spacial score (nSPS) is 13.0. The smallest absolute Gasteiger partial charge is 0.241 e. The van der Waals surface area contributed by atoms with Crippen molar-refractivity contribution in [2.45, 2.75) is 45.1 Å². The van der Waals surface area contributed by atoms with Crippen LogP contribution in [0.15, 0.2) is 17.0 Å². The largest absolute Gasteiger partial charge is 0.394 e. The van der Waals surface area contributed by atoms with E-state index in [2.05, 4.69) is 10.0 Å². The number of hydrogen-bond donors (Lipinski definition) is 3. The van der Waals surface area contributed by atoms with Crippen LogP contribution < -0.4 is 10.0 Å². The first-order valence-corrected chi connectivity index (χ1v) is 8.63. The van der Waals surface area contributed by atoms with Crippen molar-refractivity contribution in [1.29, 1.82) is 0 Å². The number of aryl methyl sites for hydroxylation is 3. The summed E-state index contributed by atoms with van der Waals surface area (Å²) < 4.78 is 27.2. The summed E-state index contributed by atoms with van der Waals surface area (Å²) in [5, 5.41) is 11.4. The highest BCUT2D eigenvalue weighted by atomic mass is 32.2. The summed E-state index contributed by atoms with van der Waals surface area (Å²) in [4.78, 5) is 11.8. The summed E-state index contributed by atoms with van der Waals surface area (Å²) in [6.07, 6.45) is 0.0214. The maximum absolute atomic E-state index is 12.4. The van der Waals surface area contributed by atoms with E-state index in [1.54, 1.807) is 20.8 Å². The molecule has 0 spiro atoms. The van der Waals surface area contributed by atoms with Gasteiger partial charge in [0.15, 0.2) is 0 Å². The van der Waals surface area contributed by atoms with Crippen LogP contribution in [0.1, 0.15) is 30.0 Å². The number of carbonyl (C=O) groups is 1. The molecule has 1 rings (SSSR count). The Bertz CT molecular complexity index is 618. The molecule has 0 aromatic heterocycles. The number of aliphatic hydroxyl groups excluding tert-OH is 1. The van der Waals surface area contributed by atoms with Crippen LogP contribution in [0.25, 0.3) is 0 Å². The van der Waals surface area contributed by atoms with Gasteiger partial charge in [-0.1, -0.05) is 17.7 Å². The second-order valence-electron chi connectivity index (χ2n) is 5.53. The first kappa shape index (κ1) is 18.6. The van der Waals surface area contributed by atoms with Crippen molar-refractivity contribution in [3.05, 3.63) is 28.8 Å². The van der Waals surface area contributed by atoms with E-state index >= 15 is 0 Å². The Labute approximate surface area is 132 Å². The topological polar surface area (TPSA) is 95.5 Å². The summed E-state index contributed by atoms with van der Waals surface area (Å²) in [7, 11) is -3.65. The van der Waals surface area contributed by atoms with Crippen molar-refractivity contribution in [2.24, 2.45) is 0 Å². The third-order valence-corrected chi connectivity index (χ3v) is 4.96. The monoisotopic (exact) mass is 328 g/mol. The molecule has 0 aliphatic heterocycles. The van der Waals surface area contributed by atoms with Gasteiger partial charge in [-0.25, -0.2) is 13.1 Å². The van der Waals surface area contributed by atoms with Crippen LogP contribution >= 0.6 is 0 Å². The second kappa shape index (κ2) is 7.71. The minimum atomic E-state index is -3.65. The highest BCUT2D eigenvalue weighted by Crippen LogP contribution is 2.21. The molecule has 0 bridgehead atoms. The van der Waals surface area contributed by atoms with Gasteiger partial charge in [-0.3, -0.25) is 4.79 Å². The third kappa shape index (κ3) is 5.08. The molecule has 3 N–H and O–H groups in total. The molecule has 0 fully saturated rings. The Morgan fingerprint density at radius 3 is 2.27 bits per heavy atom. The van der Waals surface area contributed by atoms with E-state index in [1.807, 2.05) is 19.1 Å². The SMILES string of the molecule is Cc1cc(C)c(S(=O)(=O)NCCC(=O)NC(C)CO)c(C)c1. The lowest BCUT2D eigenvalue weighted by molar-refractivity contribution is -0.121. The van der Waals surface area contributed by atoms with E-state index in [-0.39, 0.29) is 36.4 Å². The van der Waals surface area contributed by atoms with Crippen LogP contribution in [-0.4, -0.2) is 38.6 Å². The molecule has 1 unspecified atom stereocenters. The lowest BCUT2D eigenvalue weighted by Gasteiger charge is -2.14. The van der Waals surface area contributed by atoms with Crippen molar-refractivity contribution in [3.63, 3.8) is 0 Å². The molecular formula is C15H24N2O4S. The van der Waals surface area contributed by atoms with Crippen molar-refractivity contribution in [2.75, 3.05) is 13.2 Å². The van der Waals surface area contributed by atoms with E-state index in [4.69, 9.17) is 5.11 Å². The Kier molecular flexibility index (Phi) is 6.52. The van der Waals surface area contributed by atoms with E-state index < -0.39 is 10.0 Å². The van der Waals surface area contributed by atoms with Crippen LogP contribution in [0.3, 0.4) is 0 Å². The standard InChI is InChI=1S/C15H24N2O4S/c1-10-7-11(2)15(12(3)8-10)22(20,21)16-6-5-14(19)17-13(4)9-18/h7-8,13,16,18H,5-6,9H2,1-4H3,(H,17,19). The first-order valence-electron chi connectivity index (χ1n) is 7.15. The average Bonchev–Trinajstić information content (AvgIpc) is 2.36. The van der Waals surface area contributed by atoms with E-state index in [0.29, 0.717) is 11.1 Å². The molecule has 1 atom stereocenters. The number of nitrogens with one attached hydrogen (secondary N) is 2. The third-order valence-electron chi connectivity index (χ3n) is 3.20. The molecule has 0 aliphatic carbocycles. The molecule has 7 heteroatoms. The number of sulfonamides is 1. The summed E-state index contributed by atoms with van der Waals surface area (Å²) in [5.41, 5.74) is 2.37. The molecule has 1 amide bonds. The van der Waals surface area contributed by atoms with Gasteiger partial charge in [0.25, 0.3) is 0 Å². The zero-order chi connectivity index (χ0) is 16.9. The molecule has 0 saturated heterocycles. The average molecular weight is 328 g/mol. The predicted octanol–water partition coefficient (Wildman–Crippen LogP) is 0.777. The fraction of sp³-hybridized carbons (Fsp3) is 0.533. The molecular weight excluding hydrogens is 304 g/mol. The summed E-state index contributed by atoms with van der Waals surface area (Å²) in [5.74, 6) is -0.304. The van der Waals surface area contributed by atoms with Gasteiger partial charge in [0.05, 0.1) is 11.5 Å². The van der Waals surface area contributed by atoms with Gasteiger partial charge in [-0.05, 0) is 38.8 Å². The highest BCUT2D eigenvalue weighted by Gasteiger charge is 2.19. The highest BCUT2D eigenvalue weighted by molar-refractivity contribution is 7.89. The lowest BCUT2D eigenvalue weighted by atomic mass is 10.1. The first-order chi connectivity index (χ1) is 10.2. The van der Waals surface area contributed by atoms with Crippen molar-refractivity contribution in [3.8, 4) is 0 Å². The summed E-state index contributed by atoms with van der Waals surface area (Å²) in [6, 6.07) is 3.29. The van der Waals surface area contributed by atoms with Gasteiger partial charge in [-0.15, -0.1) is 0 Å². The number of aliphatic hydroxyl groups is 1. The van der Waals surface area contributed by atoms with E-state index in [1.165, 1.54) is 0 Å². The minimum absolute atomic E-state index is 0.0130. The molecule has 0 saturated carbocycles. The van der Waals surface area contributed by atoms with Crippen molar-refractivity contribution >= 4 is 15.9 Å². The van der Waals surface area contributed by atoms with Gasteiger partial charge in [0, 0.05) is 19.0 Å². The van der Waals surface area contributed by atoms with Crippen LogP contribution in [0.5, 0.6) is 0 Å². The molecule has 0 aliphatic rings. The maximum atomic E-state index is 12.4. The zero-order valence-electron chi connectivity index (χ0n) is 13.4. The lowest BCUT2D eigenvalue weighted by Crippen LogP contribution is -2.37. The van der Waals surface area contributed by atoms with Gasteiger partial charge >= 0.3 is 0 Å². The number of hydrogen-bond acceptors (Lipinski definition) is 4. The van der Waals surface area contributed by atoms with Gasteiger partial charge in [-0.2, -0.15) is 0 Å². The summed E-state index contributed by atoms with van der Waals surface area (Å²) >= 11 is 0. The van der Waals surface area contributed by atoms with Crippen molar-refractivity contribution in [1.82, 2.24) is 10.0 Å². The fourth-order valence-electron chi connectivity index (χ4n) is 2.35. The molecule has 1 aromatic carbocycles. The maximum Gasteiger partial charge on any atom is 0.241 e. The molecule has 0 radical (unpaired) electrons. The number of benzene rings is 1. The van der Waals surface area contributed by atoms with Gasteiger partial charge in [0.1, 0.15) is 0 Å². The second-order valence-corrected chi connectivity index (χ2v) is 7.23. The number of rotatable bonds is 7. The molecule has 1 aromatic rings. The molecule has 124 valence electrons. The number of amides is 1. The van der Waals surface area contributed by atoms with Crippen LogP contribution in [0.2, 0.25) is 0 Å². The van der Waals surface area contributed by atoms with Crippen LogP contribution in [0, 0.1) is 20.8 Å². The van der Waals surface area contributed by atoms with Gasteiger partial charge in [0.2, 0.25) is 15.9 Å². The molecule has 0 heterocycles. The van der Waals surface area contributed by atoms with Crippen LogP contribution in [-0.2, 0) is 14.8 Å². The molecule has 22 heavy (non-hydrogen) atoms. The van der Waals surface area contributed by atoms with Gasteiger partial charge < -0.3 is 10.4 Å². The number of carbonyl (C=O) groups excluding carboxylic acids is 1. The van der Waals surface area contributed by atoms with E-state index in [9.17, 15) is 13.2 Å². The predicted molar refractivity (Wildman–Crippen MR) is 85.1 cm³/mol.